The van der Waals surface area contributed by atoms with Crippen LogP contribution in [-0.4, -0.2) is 60.9 Å². The molecule has 0 aromatic carbocycles. The number of methoxy groups -OCH3 is 1. The van der Waals surface area contributed by atoms with Crippen LogP contribution in [0.2, 0.25) is 0 Å². The molecule has 2 atom stereocenters. The first kappa shape index (κ1) is 14.2. The quantitative estimate of drug-likeness (QED) is 0.545. The Labute approximate surface area is 89.6 Å². The van der Waals surface area contributed by atoms with Crippen molar-refractivity contribution in [2.75, 3.05) is 39.3 Å². The normalized spacial score (nSPS) is 15.4. The number of rotatable bonds is 9. The van der Waals surface area contributed by atoms with E-state index in [1.165, 1.54) is 11.8 Å². The van der Waals surface area contributed by atoms with E-state index < -0.39 is 6.10 Å². The van der Waals surface area contributed by atoms with E-state index in [0.29, 0.717) is 25.6 Å². The Morgan fingerprint density at radius 1 is 1.36 bits per heavy atom. The number of aliphatic hydroxyl groups is 2. The molecule has 0 saturated heterocycles. The Morgan fingerprint density at radius 3 is 2.64 bits per heavy atom. The number of hydrogen-bond acceptors (Lipinski definition) is 5. The summed E-state index contributed by atoms with van der Waals surface area (Å²) in [5.74, 6) is 0.592. The molecule has 0 fully saturated rings. The Kier molecular flexibility index (Phi) is 9.87. The van der Waals surface area contributed by atoms with Crippen LogP contribution < -0.4 is 0 Å². The van der Waals surface area contributed by atoms with E-state index in [-0.39, 0.29) is 11.9 Å². The Balaban J connectivity index is 3.23. The molecule has 0 amide bonds. The first-order chi connectivity index (χ1) is 6.70. The van der Waals surface area contributed by atoms with Gasteiger partial charge in [0, 0.05) is 18.1 Å². The van der Waals surface area contributed by atoms with E-state index in [4.69, 9.17) is 14.6 Å². The van der Waals surface area contributed by atoms with Gasteiger partial charge in [0.25, 0.3) is 0 Å². The highest BCUT2D eigenvalue weighted by Crippen LogP contribution is 2.10. The fourth-order valence-electron chi connectivity index (χ4n) is 0.738. The van der Waals surface area contributed by atoms with Crippen molar-refractivity contribution >= 4 is 11.8 Å². The molecule has 0 saturated carbocycles. The monoisotopic (exact) mass is 224 g/mol. The van der Waals surface area contributed by atoms with Gasteiger partial charge in [0.2, 0.25) is 0 Å². The summed E-state index contributed by atoms with van der Waals surface area (Å²) < 4.78 is 9.95. The summed E-state index contributed by atoms with van der Waals surface area (Å²) in [4.78, 5) is 0. The summed E-state index contributed by atoms with van der Waals surface area (Å²) in [6.07, 6.45) is -0.467. The summed E-state index contributed by atoms with van der Waals surface area (Å²) in [5.41, 5.74) is 0. The van der Waals surface area contributed by atoms with Crippen molar-refractivity contribution in [1.29, 1.82) is 0 Å². The molecule has 2 unspecified atom stereocenters. The molecule has 0 aliphatic rings. The smallest absolute Gasteiger partial charge is 0.0863 e. The van der Waals surface area contributed by atoms with E-state index in [0.717, 1.165) is 0 Å². The molecule has 0 aromatic rings. The topological polar surface area (TPSA) is 58.9 Å². The minimum atomic E-state index is -0.467. The lowest BCUT2D eigenvalue weighted by Gasteiger charge is -2.13. The van der Waals surface area contributed by atoms with Gasteiger partial charge in [-0.1, -0.05) is 6.92 Å². The Morgan fingerprint density at radius 2 is 2.07 bits per heavy atom. The van der Waals surface area contributed by atoms with E-state index in [2.05, 4.69) is 0 Å². The van der Waals surface area contributed by atoms with Crippen molar-refractivity contribution in [3.8, 4) is 0 Å². The molecule has 86 valence electrons. The van der Waals surface area contributed by atoms with Gasteiger partial charge in [-0.3, -0.25) is 0 Å². The van der Waals surface area contributed by atoms with Gasteiger partial charge in [0.15, 0.2) is 0 Å². The number of aliphatic hydroxyl groups excluding tert-OH is 2. The summed E-state index contributed by atoms with van der Waals surface area (Å²) in [6, 6.07) is 0. The Hall–Kier alpha value is 0.190. The summed E-state index contributed by atoms with van der Waals surface area (Å²) in [5, 5.41) is 18.3. The van der Waals surface area contributed by atoms with Crippen LogP contribution >= 0.6 is 11.8 Å². The first-order valence-electron chi connectivity index (χ1n) is 4.68. The highest BCUT2D eigenvalue weighted by Gasteiger charge is 2.07. The predicted octanol–water partition coefficient (Wildman–Crippen LogP) is 0.124. The van der Waals surface area contributed by atoms with Crippen LogP contribution in [0.25, 0.3) is 0 Å². The number of thioether (sulfide) groups is 1. The zero-order valence-corrected chi connectivity index (χ0v) is 9.63. The molecule has 14 heavy (non-hydrogen) atoms. The second-order valence-corrected chi connectivity index (χ2v) is 4.52. The lowest BCUT2D eigenvalue weighted by molar-refractivity contribution is 0.0218. The SMILES string of the molecule is COCCOCC(O)CSC(C)CO. The van der Waals surface area contributed by atoms with Crippen molar-refractivity contribution in [2.45, 2.75) is 18.3 Å². The van der Waals surface area contributed by atoms with Crippen molar-refractivity contribution in [3.63, 3.8) is 0 Å². The third kappa shape index (κ3) is 8.77. The molecule has 5 heteroatoms. The van der Waals surface area contributed by atoms with Gasteiger partial charge in [-0.15, -0.1) is 0 Å². The maximum absolute atomic E-state index is 9.42. The van der Waals surface area contributed by atoms with Gasteiger partial charge in [-0.2, -0.15) is 11.8 Å². The average Bonchev–Trinajstić information content (AvgIpc) is 2.21. The van der Waals surface area contributed by atoms with Crippen LogP contribution in [0.1, 0.15) is 6.92 Å². The predicted molar refractivity (Wildman–Crippen MR) is 57.7 cm³/mol. The molecule has 0 aromatic heterocycles. The van der Waals surface area contributed by atoms with E-state index in [1.54, 1.807) is 7.11 Å². The summed E-state index contributed by atoms with van der Waals surface area (Å²) in [7, 11) is 1.61. The second-order valence-electron chi connectivity index (χ2n) is 3.05. The highest BCUT2D eigenvalue weighted by atomic mass is 32.2. The van der Waals surface area contributed by atoms with Crippen molar-refractivity contribution < 1.29 is 19.7 Å². The minimum absolute atomic E-state index is 0.141. The third-order valence-electron chi connectivity index (χ3n) is 1.57. The molecular formula is C9H20O4S. The summed E-state index contributed by atoms with van der Waals surface area (Å²) in [6.45, 7) is 3.44. The third-order valence-corrected chi connectivity index (χ3v) is 2.87. The van der Waals surface area contributed by atoms with Crippen LogP contribution in [0.5, 0.6) is 0 Å². The van der Waals surface area contributed by atoms with E-state index >= 15 is 0 Å². The average molecular weight is 224 g/mol. The zero-order valence-electron chi connectivity index (χ0n) is 8.81. The van der Waals surface area contributed by atoms with Crippen LogP contribution in [0, 0.1) is 0 Å². The minimum Gasteiger partial charge on any atom is -0.395 e. The number of hydrogen-bond donors (Lipinski definition) is 2. The van der Waals surface area contributed by atoms with Gasteiger partial charge < -0.3 is 19.7 Å². The summed E-state index contributed by atoms with van der Waals surface area (Å²) >= 11 is 1.54. The molecule has 0 radical (unpaired) electrons. The van der Waals surface area contributed by atoms with E-state index in [9.17, 15) is 5.11 Å². The highest BCUT2D eigenvalue weighted by molar-refractivity contribution is 7.99. The van der Waals surface area contributed by atoms with Gasteiger partial charge in [-0.25, -0.2) is 0 Å². The van der Waals surface area contributed by atoms with Crippen LogP contribution in [-0.2, 0) is 9.47 Å². The van der Waals surface area contributed by atoms with Gasteiger partial charge in [-0.05, 0) is 0 Å². The molecule has 0 aliphatic heterocycles. The molecule has 2 N–H and O–H groups in total. The zero-order chi connectivity index (χ0) is 10.8. The van der Waals surface area contributed by atoms with Crippen LogP contribution in [0.15, 0.2) is 0 Å². The fourth-order valence-corrected chi connectivity index (χ4v) is 1.49. The van der Waals surface area contributed by atoms with Crippen molar-refractivity contribution in [3.05, 3.63) is 0 Å². The maximum Gasteiger partial charge on any atom is 0.0863 e. The second kappa shape index (κ2) is 9.73. The largest absolute Gasteiger partial charge is 0.395 e. The van der Waals surface area contributed by atoms with E-state index in [1.807, 2.05) is 6.92 Å². The standard InChI is InChI=1S/C9H20O4S/c1-8(5-10)14-7-9(11)6-13-4-3-12-2/h8-11H,3-7H2,1-2H3. The molecule has 0 aliphatic carbocycles. The van der Waals surface area contributed by atoms with Crippen molar-refractivity contribution in [2.24, 2.45) is 0 Å². The fraction of sp³-hybridized carbons (Fsp3) is 1.00. The molecule has 4 nitrogen and oxygen atoms in total. The molecule has 0 spiro atoms. The number of ether oxygens (including phenoxy) is 2. The lowest BCUT2D eigenvalue weighted by atomic mass is 10.4. The van der Waals surface area contributed by atoms with Gasteiger partial charge in [0.05, 0.1) is 32.5 Å². The maximum atomic E-state index is 9.42. The van der Waals surface area contributed by atoms with Crippen molar-refractivity contribution in [1.82, 2.24) is 0 Å². The first-order valence-corrected chi connectivity index (χ1v) is 5.72. The lowest BCUT2D eigenvalue weighted by Crippen LogP contribution is -2.21. The molecule has 0 heterocycles. The Bertz CT molecular complexity index is 123. The molecular weight excluding hydrogens is 204 g/mol. The molecule has 0 bridgehead atoms. The van der Waals surface area contributed by atoms with Gasteiger partial charge >= 0.3 is 0 Å². The van der Waals surface area contributed by atoms with Crippen LogP contribution in [0.3, 0.4) is 0 Å². The van der Waals surface area contributed by atoms with Crippen LogP contribution in [0.4, 0.5) is 0 Å². The molecule has 0 rings (SSSR count). The van der Waals surface area contributed by atoms with Gasteiger partial charge in [0.1, 0.15) is 0 Å².